The fraction of sp³-hybridized carbons (Fsp3) is 0.263. The van der Waals surface area contributed by atoms with Crippen LogP contribution in [-0.4, -0.2) is 36.5 Å². The number of amides is 1. The minimum Gasteiger partial charge on any atom is -0.481 e. The summed E-state index contributed by atoms with van der Waals surface area (Å²) in [6.07, 6.45) is 2.81. The highest BCUT2D eigenvalue weighted by atomic mass is 35.5. The maximum absolute atomic E-state index is 12.6. The zero-order valence-corrected chi connectivity index (χ0v) is 17.7. The van der Waals surface area contributed by atoms with Gasteiger partial charge in [-0.2, -0.15) is 10.2 Å². The summed E-state index contributed by atoms with van der Waals surface area (Å²) in [5.74, 6) is -0.839. The van der Waals surface area contributed by atoms with Gasteiger partial charge in [0.05, 0.1) is 46.8 Å². The van der Waals surface area contributed by atoms with Gasteiger partial charge >= 0.3 is 5.97 Å². The predicted octanol–water partition coefficient (Wildman–Crippen LogP) is 3.77. The van der Waals surface area contributed by atoms with Crippen LogP contribution in [0.5, 0.6) is 5.75 Å². The molecule has 0 radical (unpaired) electrons. The molecular formula is C19H19Cl2N5O4. The summed E-state index contributed by atoms with van der Waals surface area (Å²) in [5.41, 5.74) is 2.19. The lowest BCUT2D eigenvalue weighted by atomic mass is 10.2. The predicted molar refractivity (Wildman–Crippen MR) is 111 cm³/mol. The van der Waals surface area contributed by atoms with Crippen LogP contribution in [0, 0.1) is 13.8 Å². The standard InChI is InChI=1S/C19H19Cl2N5O4/c1-11-18(23-19(29)13-8-22-25(9-13)6-5-17(27)28)12(2)26(24-11)10-30-16-4-3-14(20)7-15(16)21/h3-4,7-9H,5-6,10H2,1-2H3,(H,23,29)(H,27,28). The van der Waals surface area contributed by atoms with Gasteiger partial charge in [-0.1, -0.05) is 23.2 Å². The largest absolute Gasteiger partial charge is 0.481 e. The molecule has 2 aromatic heterocycles. The summed E-state index contributed by atoms with van der Waals surface area (Å²) >= 11 is 12.0. The SMILES string of the molecule is Cc1nn(COc2ccc(Cl)cc2Cl)c(C)c1NC(=O)c1cnn(CCC(=O)O)c1. The number of aliphatic carboxylic acids is 1. The van der Waals surface area contributed by atoms with Gasteiger partial charge in [0.2, 0.25) is 0 Å². The highest BCUT2D eigenvalue weighted by molar-refractivity contribution is 6.35. The number of nitrogens with zero attached hydrogens (tertiary/aromatic N) is 4. The van der Waals surface area contributed by atoms with Crippen LogP contribution in [0.15, 0.2) is 30.6 Å². The van der Waals surface area contributed by atoms with Crippen LogP contribution in [0.3, 0.4) is 0 Å². The van der Waals surface area contributed by atoms with Gasteiger partial charge in [-0.15, -0.1) is 0 Å². The Hall–Kier alpha value is -3.04. The van der Waals surface area contributed by atoms with Gasteiger partial charge in [-0.25, -0.2) is 4.68 Å². The summed E-state index contributed by atoms with van der Waals surface area (Å²) in [7, 11) is 0. The van der Waals surface area contributed by atoms with Crippen molar-refractivity contribution in [3.63, 3.8) is 0 Å². The Balaban J connectivity index is 1.67. The molecule has 0 aliphatic carbocycles. The first kappa shape index (κ1) is 21.7. The first-order chi connectivity index (χ1) is 14.2. The first-order valence-corrected chi connectivity index (χ1v) is 9.67. The molecule has 0 atom stereocenters. The second-order valence-corrected chi connectivity index (χ2v) is 7.33. The van der Waals surface area contributed by atoms with E-state index < -0.39 is 5.97 Å². The molecular weight excluding hydrogens is 433 g/mol. The van der Waals surface area contributed by atoms with Crippen LogP contribution >= 0.6 is 23.2 Å². The van der Waals surface area contributed by atoms with E-state index in [4.69, 9.17) is 33.0 Å². The minimum atomic E-state index is -0.933. The Morgan fingerprint density at radius 2 is 2.03 bits per heavy atom. The van der Waals surface area contributed by atoms with Crippen molar-refractivity contribution in [2.24, 2.45) is 0 Å². The zero-order valence-electron chi connectivity index (χ0n) is 16.2. The van der Waals surface area contributed by atoms with E-state index in [-0.39, 0.29) is 25.6 Å². The van der Waals surface area contributed by atoms with E-state index in [0.717, 1.165) is 0 Å². The number of nitrogens with one attached hydrogen (secondary N) is 1. The molecule has 1 aromatic carbocycles. The van der Waals surface area contributed by atoms with E-state index in [1.807, 2.05) is 0 Å². The molecule has 158 valence electrons. The number of rotatable bonds is 8. The van der Waals surface area contributed by atoms with E-state index in [2.05, 4.69) is 15.5 Å². The summed E-state index contributed by atoms with van der Waals surface area (Å²) in [6, 6.07) is 4.93. The van der Waals surface area contributed by atoms with Crippen molar-refractivity contribution < 1.29 is 19.4 Å². The average molecular weight is 452 g/mol. The lowest BCUT2D eigenvalue weighted by Crippen LogP contribution is -2.13. The molecule has 0 bridgehead atoms. The lowest BCUT2D eigenvalue weighted by molar-refractivity contribution is -0.137. The Morgan fingerprint density at radius 1 is 1.27 bits per heavy atom. The molecule has 0 spiro atoms. The van der Waals surface area contributed by atoms with E-state index in [0.29, 0.717) is 38.4 Å². The molecule has 0 aliphatic heterocycles. The smallest absolute Gasteiger partial charge is 0.305 e. The van der Waals surface area contributed by atoms with Crippen molar-refractivity contribution in [2.75, 3.05) is 5.32 Å². The molecule has 2 heterocycles. The van der Waals surface area contributed by atoms with Gasteiger partial charge < -0.3 is 15.2 Å². The molecule has 9 nitrogen and oxygen atoms in total. The third kappa shape index (κ3) is 5.11. The monoisotopic (exact) mass is 451 g/mol. The number of carbonyl (C=O) groups excluding carboxylic acids is 1. The number of carboxylic acid groups (broad SMARTS) is 1. The van der Waals surface area contributed by atoms with Gasteiger partial charge in [-0.3, -0.25) is 14.3 Å². The summed E-state index contributed by atoms with van der Waals surface area (Å²) < 4.78 is 8.72. The van der Waals surface area contributed by atoms with Crippen LogP contribution in [0.1, 0.15) is 28.2 Å². The van der Waals surface area contributed by atoms with Crippen molar-refractivity contribution in [3.05, 3.63) is 57.6 Å². The van der Waals surface area contributed by atoms with Crippen molar-refractivity contribution in [1.82, 2.24) is 19.6 Å². The molecule has 1 amide bonds. The van der Waals surface area contributed by atoms with Crippen LogP contribution in [0.25, 0.3) is 0 Å². The number of benzene rings is 1. The van der Waals surface area contributed by atoms with Crippen LogP contribution in [0.4, 0.5) is 5.69 Å². The van der Waals surface area contributed by atoms with Crippen LogP contribution < -0.4 is 10.1 Å². The Labute approximate surface area is 182 Å². The summed E-state index contributed by atoms with van der Waals surface area (Å²) in [4.78, 5) is 23.2. The first-order valence-electron chi connectivity index (χ1n) is 8.92. The van der Waals surface area contributed by atoms with E-state index in [9.17, 15) is 9.59 Å². The normalized spacial score (nSPS) is 10.8. The highest BCUT2D eigenvalue weighted by Gasteiger charge is 2.17. The fourth-order valence-electron chi connectivity index (χ4n) is 2.73. The molecule has 0 fully saturated rings. The number of ether oxygens (including phenoxy) is 1. The number of hydrogen-bond donors (Lipinski definition) is 2. The number of hydrogen-bond acceptors (Lipinski definition) is 5. The maximum Gasteiger partial charge on any atom is 0.305 e. The quantitative estimate of drug-likeness (QED) is 0.538. The molecule has 2 N–H and O–H groups in total. The maximum atomic E-state index is 12.6. The zero-order chi connectivity index (χ0) is 21.8. The molecule has 3 rings (SSSR count). The Morgan fingerprint density at radius 3 is 2.73 bits per heavy atom. The molecule has 3 aromatic rings. The Kier molecular flexibility index (Phi) is 6.63. The number of aromatic nitrogens is 4. The Bertz CT molecular complexity index is 1090. The van der Waals surface area contributed by atoms with Crippen molar-refractivity contribution in [2.45, 2.75) is 33.5 Å². The van der Waals surface area contributed by atoms with Gasteiger partial charge in [0.25, 0.3) is 5.91 Å². The number of halogens is 2. The number of anilines is 1. The third-order valence-corrected chi connectivity index (χ3v) is 4.84. The van der Waals surface area contributed by atoms with Gasteiger partial charge in [0.15, 0.2) is 6.73 Å². The molecule has 30 heavy (non-hydrogen) atoms. The minimum absolute atomic E-state index is 0.0780. The molecule has 0 aliphatic rings. The van der Waals surface area contributed by atoms with E-state index >= 15 is 0 Å². The van der Waals surface area contributed by atoms with Crippen molar-refractivity contribution in [1.29, 1.82) is 0 Å². The van der Waals surface area contributed by atoms with E-state index in [1.54, 1.807) is 36.7 Å². The van der Waals surface area contributed by atoms with Gasteiger partial charge in [-0.05, 0) is 32.0 Å². The molecule has 0 saturated heterocycles. The molecule has 0 unspecified atom stereocenters. The summed E-state index contributed by atoms with van der Waals surface area (Å²) in [5, 5.41) is 20.9. The lowest BCUT2D eigenvalue weighted by Gasteiger charge is -2.10. The summed E-state index contributed by atoms with van der Waals surface area (Å²) in [6.45, 7) is 3.85. The number of carbonyl (C=O) groups is 2. The highest BCUT2D eigenvalue weighted by Crippen LogP contribution is 2.28. The van der Waals surface area contributed by atoms with Crippen LogP contribution in [-0.2, 0) is 18.1 Å². The fourth-order valence-corrected chi connectivity index (χ4v) is 3.19. The van der Waals surface area contributed by atoms with Crippen molar-refractivity contribution >= 4 is 40.8 Å². The average Bonchev–Trinajstić information content (AvgIpc) is 3.26. The number of carboxylic acids is 1. The van der Waals surface area contributed by atoms with Gasteiger partial charge in [0, 0.05) is 11.2 Å². The molecule has 11 heteroatoms. The van der Waals surface area contributed by atoms with Gasteiger partial charge in [0.1, 0.15) is 5.75 Å². The third-order valence-electron chi connectivity index (χ3n) is 4.31. The van der Waals surface area contributed by atoms with Crippen molar-refractivity contribution in [3.8, 4) is 5.75 Å². The molecule has 0 saturated carbocycles. The second kappa shape index (κ2) is 9.19. The second-order valence-electron chi connectivity index (χ2n) is 6.48. The number of aryl methyl sites for hydroxylation is 2. The van der Waals surface area contributed by atoms with Crippen LogP contribution in [0.2, 0.25) is 10.0 Å². The topological polar surface area (TPSA) is 111 Å². The van der Waals surface area contributed by atoms with E-state index in [1.165, 1.54) is 17.1 Å².